The van der Waals surface area contributed by atoms with Crippen molar-refractivity contribution in [2.45, 2.75) is 71.3 Å². The van der Waals surface area contributed by atoms with Crippen molar-refractivity contribution in [1.82, 2.24) is 5.32 Å². The van der Waals surface area contributed by atoms with Gasteiger partial charge in [0.25, 0.3) is 0 Å². The third kappa shape index (κ3) is 9.99. The minimum absolute atomic E-state index is 0.665. The van der Waals surface area contributed by atoms with Gasteiger partial charge in [0.2, 0.25) is 0 Å². The zero-order valence-corrected chi connectivity index (χ0v) is 10.7. The van der Waals surface area contributed by atoms with Crippen LogP contribution in [0.5, 0.6) is 0 Å². The number of unbranched alkanes of at least 4 members (excludes halogenated alkanes) is 5. The van der Waals surface area contributed by atoms with Crippen LogP contribution in [0.4, 0.5) is 0 Å². The first-order chi connectivity index (χ1) is 7.35. The van der Waals surface area contributed by atoms with Gasteiger partial charge >= 0.3 is 0 Å². The molecule has 1 N–H and O–H groups in total. The molecule has 0 saturated carbocycles. The Hall–Kier alpha value is -0.300. The summed E-state index contributed by atoms with van der Waals surface area (Å²) >= 11 is 0. The first-order valence-electron chi connectivity index (χ1n) is 6.69. The SMILES string of the molecule is C=CCC(CCCCCCCC)NCC. The molecule has 0 heterocycles. The number of hydrogen-bond donors (Lipinski definition) is 1. The van der Waals surface area contributed by atoms with Crippen molar-refractivity contribution in [2.24, 2.45) is 0 Å². The predicted octanol–water partition coefficient (Wildman–Crippen LogP) is 4.29. The Labute approximate surface area is 96.3 Å². The monoisotopic (exact) mass is 211 g/mol. The van der Waals surface area contributed by atoms with E-state index in [-0.39, 0.29) is 0 Å². The largest absolute Gasteiger partial charge is 0.314 e. The average molecular weight is 211 g/mol. The zero-order valence-electron chi connectivity index (χ0n) is 10.7. The van der Waals surface area contributed by atoms with Crippen LogP contribution < -0.4 is 5.32 Å². The van der Waals surface area contributed by atoms with Crippen LogP contribution in [-0.2, 0) is 0 Å². The summed E-state index contributed by atoms with van der Waals surface area (Å²) in [6.07, 6.45) is 12.8. The van der Waals surface area contributed by atoms with Crippen molar-refractivity contribution in [1.29, 1.82) is 0 Å². The van der Waals surface area contributed by atoms with Crippen LogP contribution in [0, 0.1) is 0 Å². The second-order valence-corrected chi connectivity index (χ2v) is 4.34. The molecule has 1 unspecified atom stereocenters. The Morgan fingerprint density at radius 1 is 1.07 bits per heavy atom. The van der Waals surface area contributed by atoms with Crippen molar-refractivity contribution in [3.8, 4) is 0 Å². The molecule has 0 amide bonds. The lowest BCUT2D eigenvalue weighted by Crippen LogP contribution is -2.28. The van der Waals surface area contributed by atoms with E-state index in [1.54, 1.807) is 0 Å². The number of rotatable bonds is 11. The van der Waals surface area contributed by atoms with Gasteiger partial charge in [0.1, 0.15) is 0 Å². The Balaban J connectivity index is 3.32. The van der Waals surface area contributed by atoms with Crippen molar-refractivity contribution in [3.05, 3.63) is 12.7 Å². The molecule has 0 aromatic rings. The topological polar surface area (TPSA) is 12.0 Å². The molecular weight excluding hydrogens is 182 g/mol. The third-order valence-electron chi connectivity index (χ3n) is 2.85. The summed E-state index contributed by atoms with van der Waals surface area (Å²) < 4.78 is 0. The van der Waals surface area contributed by atoms with Gasteiger partial charge in [-0.15, -0.1) is 6.58 Å². The van der Waals surface area contributed by atoms with E-state index in [9.17, 15) is 0 Å². The highest BCUT2D eigenvalue weighted by Gasteiger charge is 2.03. The van der Waals surface area contributed by atoms with Crippen molar-refractivity contribution in [2.75, 3.05) is 6.54 Å². The highest BCUT2D eigenvalue weighted by Crippen LogP contribution is 2.10. The molecule has 0 fully saturated rings. The van der Waals surface area contributed by atoms with Crippen molar-refractivity contribution in [3.63, 3.8) is 0 Å². The quantitative estimate of drug-likeness (QED) is 0.397. The van der Waals surface area contributed by atoms with Gasteiger partial charge in [0.15, 0.2) is 0 Å². The molecule has 90 valence electrons. The van der Waals surface area contributed by atoms with Crippen LogP contribution in [-0.4, -0.2) is 12.6 Å². The highest BCUT2D eigenvalue weighted by atomic mass is 14.9. The molecule has 0 aliphatic carbocycles. The molecular formula is C14H29N. The Morgan fingerprint density at radius 3 is 2.33 bits per heavy atom. The summed E-state index contributed by atoms with van der Waals surface area (Å²) in [5.74, 6) is 0. The molecule has 0 aromatic heterocycles. The van der Waals surface area contributed by atoms with Crippen LogP contribution in [0.1, 0.15) is 65.2 Å². The van der Waals surface area contributed by atoms with Gasteiger partial charge in [-0.25, -0.2) is 0 Å². The summed E-state index contributed by atoms with van der Waals surface area (Å²) in [6.45, 7) is 9.34. The second-order valence-electron chi connectivity index (χ2n) is 4.34. The van der Waals surface area contributed by atoms with E-state index < -0.39 is 0 Å². The molecule has 1 heteroatoms. The van der Waals surface area contributed by atoms with E-state index in [1.807, 2.05) is 6.08 Å². The predicted molar refractivity (Wildman–Crippen MR) is 70.3 cm³/mol. The maximum atomic E-state index is 3.81. The molecule has 0 aliphatic heterocycles. The molecule has 1 nitrogen and oxygen atoms in total. The summed E-state index contributed by atoms with van der Waals surface area (Å²) in [6, 6.07) is 0.665. The van der Waals surface area contributed by atoms with E-state index in [4.69, 9.17) is 0 Å². The van der Waals surface area contributed by atoms with Gasteiger partial charge in [-0.05, 0) is 19.4 Å². The van der Waals surface area contributed by atoms with Crippen molar-refractivity contribution < 1.29 is 0 Å². The first-order valence-corrected chi connectivity index (χ1v) is 6.69. The molecule has 0 aromatic carbocycles. The molecule has 1 atom stereocenters. The molecule has 0 bridgehead atoms. The maximum Gasteiger partial charge on any atom is 0.0101 e. The molecule has 0 saturated heterocycles. The molecule has 0 radical (unpaired) electrons. The van der Waals surface area contributed by atoms with Crippen LogP contribution >= 0.6 is 0 Å². The van der Waals surface area contributed by atoms with E-state index in [1.165, 1.54) is 44.9 Å². The Kier molecular flexibility index (Phi) is 11.5. The Bertz CT molecular complexity index is 131. The lowest BCUT2D eigenvalue weighted by atomic mass is 10.0. The summed E-state index contributed by atoms with van der Waals surface area (Å²) in [5, 5.41) is 3.51. The van der Waals surface area contributed by atoms with Crippen molar-refractivity contribution >= 4 is 0 Å². The average Bonchev–Trinajstić information content (AvgIpc) is 2.24. The van der Waals surface area contributed by atoms with Gasteiger partial charge in [0.05, 0.1) is 0 Å². The normalized spacial score (nSPS) is 12.7. The third-order valence-corrected chi connectivity index (χ3v) is 2.85. The van der Waals surface area contributed by atoms with Gasteiger partial charge in [-0.3, -0.25) is 0 Å². The Morgan fingerprint density at radius 2 is 1.73 bits per heavy atom. The minimum atomic E-state index is 0.665. The van der Waals surface area contributed by atoms with E-state index >= 15 is 0 Å². The summed E-state index contributed by atoms with van der Waals surface area (Å²) in [5.41, 5.74) is 0. The van der Waals surface area contributed by atoms with Crippen LogP contribution in [0.25, 0.3) is 0 Å². The second kappa shape index (κ2) is 11.8. The van der Waals surface area contributed by atoms with E-state index in [0.717, 1.165) is 13.0 Å². The fourth-order valence-electron chi connectivity index (χ4n) is 1.96. The molecule has 0 spiro atoms. The lowest BCUT2D eigenvalue weighted by Gasteiger charge is -2.15. The van der Waals surface area contributed by atoms with Gasteiger partial charge in [-0.2, -0.15) is 0 Å². The molecule has 0 rings (SSSR count). The van der Waals surface area contributed by atoms with Gasteiger partial charge in [-0.1, -0.05) is 58.4 Å². The highest BCUT2D eigenvalue weighted by molar-refractivity contribution is 4.77. The summed E-state index contributed by atoms with van der Waals surface area (Å²) in [4.78, 5) is 0. The van der Waals surface area contributed by atoms with Crippen LogP contribution in [0.3, 0.4) is 0 Å². The smallest absolute Gasteiger partial charge is 0.0101 e. The maximum absolute atomic E-state index is 3.81. The molecule has 15 heavy (non-hydrogen) atoms. The summed E-state index contributed by atoms with van der Waals surface area (Å²) in [7, 11) is 0. The number of hydrogen-bond acceptors (Lipinski definition) is 1. The fourth-order valence-corrected chi connectivity index (χ4v) is 1.96. The van der Waals surface area contributed by atoms with Gasteiger partial charge in [0, 0.05) is 6.04 Å². The minimum Gasteiger partial charge on any atom is -0.314 e. The van der Waals surface area contributed by atoms with Crippen LogP contribution in [0.15, 0.2) is 12.7 Å². The first kappa shape index (κ1) is 14.7. The van der Waals surface area contributed by atoms with Gasteiger partial charge < -0.3 is 5.32 Å². The molecule has 0 aliphatic rings. The van der Waals surface area contributed by atoms with E-state index in [2.05, 4.69) is 25.7 Å². The lowest BCUT2D eigenvalue weighted by molar-refractivity contribution is 0.465. The zero-order chi connectivity index (χ0) is 11.4. The van der Waals surface area contributed by atoms with E-state index in [0.29, 0.717) is 6.04 Å². The van der Waals surface area contributed by atoms with Crippen LogP contribution in [0.2, 0.25) is 0 Å². The number of nitrogens with one attached hydrogen (secondary N) is 1. The standard InChI is InChI=1S/C14H29N/c1-4-7-8-9-10-11-13-14(12-5-2)15-6-3/h5,14-15H,2,4,6-13H2,1,3H3. The fraction of sp³-hybridized carbons (Fsp3) is 0.857.